The van der Waals surface area contributed by atoms with Crippen molar-refractivity contribution in [2.24, 2.45) is 5.73 Å². The predicted molar refractivity (Wildman–Crippen MR) is 191 cm³/mol. The Kier molecular flexibility index (Phi) is 32.2. The number of ketones is 2. The Labute approximate surface area is 271 Å². The molecule has 0 saturated carbocycles. The highest BCUT2D eigenvalue weighted by atomic mass is 16.2. The predicted octanol–water partition coefficient (Wildman–Crippen LogP) is 13.1. The largest absolute Gasteiger partial charge is 0.313 e. The van der Waals surface area contributed by atoms with Crippen molar-refractivity contribution in [1.29, 1.82) is 0 Å². The fraction of sp³-hybridized carbons (Fsp3) is 0.950. The van der Waals surface area contributed by atoms with E-state index >= 15 is 0 Å². The average Bonchev–Trinajstić information content (AvgIpc) is 3.00. The smallest absolute Gasteiger partial charge is 0.160 e. The second-order valence-electron chi connectivity index (χ2n) is 14.0. The van der Waals surface area contributed by atoms with Crippen molar-refractivity contribution in [3.8, 4) is 0 Å². The summed E-state index contributed by atoms with van der Waals surface area (Å²) in [6.45, 7) is 6.59. The van der Waals surface area contributed by atoms with Crippen molar-refractivity contribution in [3.05, 3.63) is 0 Å². The fourth-order valence-electron chi connectivity index (χ4n) is 6.59. The van der Waals surface area contributed by atoms with Crippen LogP contribution < -0.4 is 5.73 Å². The molecule has 0 amide bonds. The third kappa shape index (κ3) is 26.2. The quantitative estimate of drug-likeness (QED) is 0.0571. The van der Waals surface area contributed by atoms with Gasteiger partial charge in [0.1, 0.15) is 5.54 Å². The lowest BCUT2D eigenvalue weighted by Crippen LogP contribution is -2.54. The maximum absolute atomic E-state index is 13.0. The Balaban J connectivity index is 3.78. The summed E-state index contributed by atoms with van der Waals surface area (Å²) in [6, 6.07) is 0. The van der Waals surface area contributed by atoms with Crippen molar-refractivity contribution in [2.45, 2.75) is 245 Å². The highest BCUT2D eigenvalue weighted by Crippen LogP contribution is 2.21. The minimum Gasteiger partial charge on any atom is -0.313 e. The van der Waals surface area contributed by atoms with E-state index in [0.29, 0.717) is 19.3 Å². The molecule has 43 heavy (non-hydrogen) atoms. The molecule has 0 aliphatic heterocycles. The van der Waals surface area contributed by atoms with Crippen molar-refractivity contribution < 1.29 is 9.59 Å². The number of nitrogens with two attached hydrogens (primary N) is 1. The zero-order valence-electron chi connectivity index (χ0n) is 29.9. The Morgan fingerprint density at radius 2 is 0.558 bits per heavy atom. The summed E-state index contributed by atoms with van der Waals surface area (Å²) in [6.07, 6.45) is 41.6. The van der Waals surface area contributed by atoms with Crippen LogP contribution in [-0.2, 0) is 9.59 Å². The van der Waals surface area contributed by atoms with Crippen LogP contribution in [0.25, 0.3) is 0 Å². The maximum atomic E-state index is 13.0. The van der Waals surface area contributed by atoms with Gasteiger partial charge in [-0.15, -0.1) is 0 Å². The molecule has 0 fully saturated rings. The number of Topliss-reactive ketones (excluding diaryl/α,β-unsaturated/α-hetero) is 2. The molecule has 0 aliphatic carbocycles. The third-order valence-corrected chi connectivity index (χ3v) is 9.65. The van der Waals surface area contributed by atoms with Crippen molar-refractivity contribution in [3.63, 3.8) is 0 Å². The third-order valence-electron chi connectivity index (χ3n) is 9.65. The Morgan fingerprint density at radius 3 is 0.767 bits per heavy atom. The van der Waals surface area contributed by atoms with E-state index in [1.54, 1.807) is 0 Å². The number of hydrogen-bond donors (Lipinski definition) is 1. The van der Waals surface area contributed by atoms with E-state index in [0.717, 1.165) is 32.1 Å². The van der Waals surface area contributed by atoms with Crippen LogP contribution in [0.2, 0.25) is 0 Å². The highest BCUT2D eigenvalue weighted by Gasteiger charge is 2.38. The molecule has 3 nitrogen and oxygen atoms in total. The van der Waals surface area contributed by atoms with E-state index in [-0.39, 0.29) is 11.6 Å². The molecule has 256 valence electrons. The molecular formula is C40H79NO2. The summed E-state index contributed by atoms with van der Waals surface area (Å²) in [5.41, 5.74) is 5.28. The first-order valence-corrected chi connectivity index (χ1v) is 19.9. The first-order chi connectivity index (χ1) is 21.0. The van der Waals surface area contributed by atoms with Crippen LogP contribution in [-0.4, -0.2) is 17.1 Å². The number of carbonyl (C=O) groups excluding carboxylic acids is 2. The topological polar surface area (TPSA) is 60.2 Å². The van der Waals surface area contributed by atoms with E-state index in [1.165, 1.54) is 167 Å². The summed E-state index contributed by atoms with van der Waals surface area (Å²) < 4.78 is 0. The average molecular weight is 606 g/mol. The molecule has 0 bridgehead atoms. The molecule has 0 atom stereocenters. The van der Waals surface area contributed by atoms with Gasteiger partial charge in [-0.2, -0.15) is 0 Å². The maximum Gasteiger partial charge on any atom is 0.160 e. The first-order valence-electron chi connectivity index (χ1n) is 19.9. The van der Waals surface area contributed by atoms with Gasteiger partial charge >= 0.3 is 0 Å². The zero-order chi connectivity index (χ0) is 31.7. The van der Waals surface area contributed by atoms with Gasteiger partial charge in [0.25, 0.3) is 0 Å². The van der Waals surface area contributed by atoms with Gasteiger partial charge in [0.2, 0.25) is 0 Å². The van der Waals surface area contributed by atoms with Crippen LogP contribution in [0, 0.1) is 0 Å². The SMILES string of the molecule is CCCCCCCCCCCCCCCCCC(=O)C(N)(CCC)C(=O)CCCCCCCCCCCCCCCCC. The minimum absolute atomic E-state index is 0.00463. The second-order valence-corrected chi connectivity index (χ2v) is 14.0. The lowest BCUT2D eigenvalue weighted by Gasteiger charge is -2.26. The van der Waals surface area contributed by atoms with Crippen LogP contribution in [0.1, 0.15) is 239 Å². The Bertz CT molecular complexity index is 555. The normalized spacial score (nSPS) is 11.8. The van der Waals surface area contributed by atoms with E-state index in [2.05, 4.69) is 13.8 Å². The van der Waals surface area contributed by atoms with Crippen LogP contribution in [0.3, 0.4) is 0 Å². The van der Waals surface area contributed by atoms with Gasteiger partial charge in [-0.25, -0.2) is 0 Å². The molecule has 0 heterocycles. The standard InChI is InChI=1S/C40H79NO2/c1-4-7-9-11-13-15-17-19-21-23-25-27-29-31-33-35-38(42)40(41,37-6-3)39(43)36-34-32-30-28-26-24-22-20-18-16-14-12-10-8-5-2/h4-37,41H2,1-3H3. The van der Waals surface area contributed by atoms with Crippen molar-refractivity contribution in [1.82, 2.24) is 0 Å². The van der Waals surface area contributed by atoms with Gasteiger partial charge in [-0.3, -0.25) is 9.59 Å². The second kappa shape index (κ2) is 32.7. The Morgan fingerprint density at radius 1 is 0.349 bits per heavy atom. The molecular weight excluding hydrogens is 526 g/mol. The summed E-state index contributed by atoms with van der Waals surface area (Å²) in [7, 11) is 0. The van der Waals surface area contributed by atoms with E-state index in [4.69, 9.17) is 5.73 Å². The van der Waals surface area contributed by atoms with Crippen LogP contribution >= 0.6 is 0 Å². The molecule has 0 aliphatic rings. The molecule has 0 aromatic carbocycles. The zero-order valence-corrected chi connectivity index (χ0v) is 29.9. The summed E-state index contributed by atoms with van der Waals surface area (Å²) in [5, 5.41) is 0. The summed E-state index contributed by atoms with van der Waals surface area (Å²) >= 11 is 0. The lowest BCUT2D eigenvalue weighted by atomic mass is 9.81. The van der Waals surface area contributed by atoms with Gasteiger partial charge in [0, 0.05) is 12.8 Å². The van der Waals surface area contributed by atoms with Gasteiger partial charge < -0.3 is 5.73 Å². The number of hydrogen-bond acceptors (Lipinski definition) is 3. The van der Waals surface area contributed by atoms with Gasteiger partial charge in [-0.05, 0) is 19.3 Å². The van der Waals surface area contributed by atoms with E-state index in [9.17, 15) is 9.59 Å². The molecule has 0 aromatic heterocycles. The van der Waals surface area contributed by atoms with Crippen molar-refractivity contribution in [2.75, 3.05) is 0 Å². The molecule has 0 unspecified atom stereocenters. The summed E-state index contributed by atoms with van der Waals surface area (Å²) in [5.74, 6) is -0.00925. The highest BCUT2D eigenvalue weighted by molar-refractivity contribution is 6.11. The van der Waals surface area contributed by atoms with E-state index in [1.807, 2.05) is 6.92 Å². The minimum atomic E-state index is -1.24. The van der Waals surface area contributed by atoms with E-state index < -0.39 is 5.54 Å². The number of unbranched alkanes of at least 4 members (excludes halogenated alkanes) is 28. The number of rotatable bonds is 36. The molecule has 0 radical (unpaired) electrons. The van der Waals surface area contributed by atoms with Crippen LogP contribution in [0.15, 0.2) is 0 Å². The van der Waals surface area contributed by atoms with Crippen LogP contribution in [0.5, 0.6) is 0 Å². The van der Waals surface area contributed by atoms with Gasteiger partial charge in [-0.1, -0.05) is 207 Å². The number of carbonyl (C=O) groups is 2. The molecule has 0 spiro atoms. The lowest BCUT2D eigenvalue weighted by molar-refractivity contribution is -0.135. The molecule has 2 N–H and O–H groups in total. The fourth-order valence-corrected chi connectivity index (χ4v) is 6.59. The monoisotopic (exact) mass is 606 g/mol. The summed E-state index contributed by atoms with van der Waals surface area (Å²) in [4.78, 5) is 26.1. The molecule has 0 saturated heterocycles. The molecule has 0 rings (SSSR count). The van der Waals surface area contributed by atoms with Crippen LogP contribution in [0.4, 0.5) is 0 Å². The molecule has 0 aromatic rings. The van der Waals surface area contributed by atoms with Gasteiger partial charge in [0.05, 0.1) is 0 Å². The molecule has 3 heteroatoms. The Hall–Kier alpha value is -0.700. The van der Waals surface area contributed by atoms with Crippen molar-refractivity contribution >= 4 is 11.6 Å². The van der Waals surface area contributed by atoms with Gasteiger partial charge in [0.15, 0.2) is 11.6 Å². The first kappa shape index (κ1) is 42.3.